The van der Waals surface area contributed by atoms with E-state index < -0.39 is 11.9 Å². The molecule has 1 aliphatic heterocycles. The number of nitriles is 1. The number of nitrogens with zero attached hydrogens (tertiary/aromatic N) is 2. The maximum absolute atomic E-state index is 13.9. The summed E-state index contributed by atoms with van der Waals surface area (Å²) in [7, 11) is 0. The summed E-state index contributed by atoms with van der Waals surface area (Å²) in [6, 6.07) is 9.59. The molecular formula is C18H14ClFN2O3. The lowest BCUT2D eigenvalue weighted by Gasteiger charge is -2.27. The molecule has 3 rings (SSSR count). The number of carboxylic acid groups (broad SMARTS) is 1. The number of benzene rings is 2. The van der Waals surface area contributed by atoms with Gasteiger partial charge in [-0.15, -0.1) is 0 Å². The minimum absolute atomic E-state index is 0.0430. The summed E-state index contributed by atoms with van der Waals surface area (Å²) in [5, 5.41) is 18.2. The second kappa shape index (κ2) is 6.99. The monoisotopic (exact) mass is 360 g/mol. The average molecular weight is 361 g/mol. The van der Waals surface area contributed by atoms with Crippen molar-refractivity contribution >= 4 is 17.7 Å². The highest BCUT2D eigenvalue weighted by Crippen LogP contribution is 2.34. The molecule has 7 heteroatoms. The highest BCUT2D eigenvalue weighted by atomic mass is 35.5. The van der Waals surface area contributed by atoms with Crippen LogP contribution in [0.15, 0.2) is 30.3 Å². The smallest absolute Gasteiger partial charge is 0.407 e. The molecule has 0 unspecified atom stereocenters. The lowest BCUT2D eigenvalue weighted by Crippen LogP contribution is -2.34. The number of halogens is 2. The Labute approximate surface area is 148 Å². The van der Waals surface area contributed by atoms with E-state index in [1.165, 1.54) is 17.0 Å². The van der Waals surface area contributed by atoms with Crippen LogP contribution in [0.3, 0.4) is 0 Å². The third kappa shape index (κ3) is 3.52. The topological polar surface area (TPSA) is 73.6 Å². The van der Waals surface area contributed by atoms with Crippen molar-refractivity contribution in [1.29, 1.82) is 5.26 Å². The molecule has 1 heterocycles. The third-order valence-electron chi connectivity index (χ3n) is 4.14. The number of fused-ring (bicyclic) bond motifs is 1. The van der Waals surface area contributed by atoms with Crippen molar-refractivity contribution in [3.63, 3.8) is 0 Å². The first-order chi connectivity index (χ1) is 12.0. The van der Waals surface area contributed by atoms with Gasteiger partial charge in [0, 0.05) is 12.1 Å². The van der Waals surface area contributed by atoms with Crippen LogP contribution in [-0.2, 0) is 19.6 Å². The third-order valence-corrected chi connectivity index (χ3v) is 4.56. The van der Waals surface area contributed by atoms with Crippen molar-refractivity contribution in [2.45, 2.75) is 19.6 Å². The first kappa shape index (κ1) is 17.1. The van der Waals surface area contributed by atoms with Gasteiger partial charge in [0.05, 0.1) is 23.2 Å². The molecule has 1 amide bonds. The van der Waals surface area contributed by atoms with Gasteiger partial charge in [0.1, 0.15) is 18.2 Å². The molecule has 128 valence electrons. The van der Waals surface area contributed by atoms with E-state index in [0.29, 0.717) is 34.9 Å². The Morgan fingerprint density at radius 1 is 1.40 bits per heavy atom. The quantitative estimate of drug-likeness (QED) is 0.898. The Hall–Kier alpha value is -2.78. The predicted molar refractivity (Wildman–Crippen MR) is 89.0 cm³/mol. The summed E-state index contributed by atoms with van der Waals surface area (Å²) in [5.41, 5.74) is 2.24. The molecule has 0 aromatic heterocycles. The zero-order valence-corrected chi connectivity index (χ0v) is 13.9. The Morgan fingerprint density at radius 2 is 2.20 bits per heavy atom. The van der Waals surface area contributed by atoms with Crippen LogP contribution in [0, 0.1) is 17.1 Å². The van der Waals surface area contributed by atoms with Crippen LogP contribution in [0.25, 0.3) is 0 Å². The lowest BCUT2D eigenvalue weighted by atomic mass is 9.99. The van der Waals surface area contributed by atoms with Gasteiger partial charge in [0.2, 0.25) is 0 Å². The van der Waals surface area contributed by atoms with Crippen molar-refractivity contribution in [2.75, 3.05) is 6.54 Å². The molecule has 0 spiro atoms. The SMILES string of the molecule is N#Cc1ccc(COc2ccc3c(c2Cl)CN(C(=O)O)CC3)c(F)c1. The number of ether oxygens (including phenoxy) is 1. The van der Waals surface area contributed by atoms with Gasteiger partial charge in [-0.05, 0) is 35.7 Å². The molecule has 0 bridgehead atoms. The summed E-state index contributed by atoms with van der Waals surface area (Å²) in [6.45, 7) is 0.583. The van der Waals surface area contributed by atoms with Crippen LogP contribution in [0.4, 0.5) is 9.18 Å². The van der Waals surface area contributed by atoms with Crippen LogP contribution in [0.1, 0.15) is 22.3 Å². The zero-order chi connectivity index (χ0) is 18.0. The fourth-order valence-corrected chi connectivity index (χ4v) is 3.03. The van der Waals surface area contributed by atoms with Crippen molar-refractivity contribution in [3.8, 4) is 11.8 Å². The van der Waals surface area contributed by atoms with Crippen LogP contribution in [0.5, 0.6) is 5.75 Å². The van der Waals surface area contributed by atoms with Gasteiger partial charge in [-0.3, -0.25) is 0 Å². The Bertz CT molecular complexity index is 879. The number of rotatable bonds is 3. The maximum atomic E-state index is 13.9. The summed E-state index contributed by atoms with van der Waals surface area (Å²) in [4.78, 5) is 12.4. The molecular weight excluding hydrogens is 347 g/mol. The molecule has 1 aliphatic rings. The average Bonchev–Trinajstić information content (AvgIpc) is 2.61. The highest BCUT2D eigenvalue weighted by molar-refractivity contribution is 6.33. The Morgan fingerprint density at radius 3 is 2.88 bits per heavy atom. The summed E-state index contributed by atoms with van der Waals surface area (Å²) >= 11 is 6.37. The summed E-state index contributed by atoms with van der Waals surface area (Å²) < 4.78 is 19.5. The van der Waals surface area contributed by atoms with Crippen molar-refractivity contribution in [1.82, 2.24) is 4.90 Å². The molecule has 0 saturated carbocycles. The van der Waals surface area contributed by atoms with E-state index in [9.17, 15) is 9.18 Å². The van der Waals surface area contributed by atoms with E-state index in [-0.39, 0.29) is 18.7 Å². The maximum Gasteiger partial charge on any atom is 0.407 e. The van der Waals surface area contributed by atoms with Crippen molar-refractivity contribution in [3.05, 3.63) is 63.4 Å². The van der Waals surface area contributed by atoms with Crippen molar-refractivity contribution < 1.29 is 19.0 Å². The Balaban J connectivity index is 1.79. The van der Waals surface area contributed by atoms with Gasteiger partial charge in [-0.1, -0.05) is 23.7 Å². The van der Waals surface area contributed by atoms with Crippen LogP contribution in [0.2, 0.25) is 5.02 Å². The first-order valence-corrected chi connectivity index (χ1v) is 7.97. The number of carbonyl (C=O) groups is 1. The van der Waals surface area contributed by atoms with Gasteiger partial charge in [-0.25, -0.2) is 9.18 Å². The molecule has 25 heavy (non-hydrogen) atoms. The largest absolute Gasteiger partial charge is 0.487 e. The lowest BCUT2D eigenvalue weighted by molar-refractivity contribution is 0.140. The molecule has 0 saturated heterocycles. The predicted octanol–water partition coefficient (Wildman–Crippen LogP) is 3.97. The molecule has 0 atom stereocenters. The fourth-order valence-electron chi connectivity index (χ4n) is 2.73. The highest BCUT2D eigenvalue weighted by Gasteiger charge is 2.23. The van der Waals surface area contributed by atoms with Gasteiger partial charge in [0.25, 0.3) is 0 Å². The van der Waals surface area contributed by atoms with Crippen LogP contribution >= 0.6 is 11.6 Å². The Kier molecular flexibility index (Phi) is 4.77. The normalized spacial score (nSPS) is 13.1. The van der Waals surface area contributed by atoms with Crippen LogP contribution in [-0.4, -0.2) is 22.6 Å². The fraction of sp³-hybridized carbons (Fsp3) is 0.222. The van der Waals surface area contributed by atoms with E-state index >= 15 is 0 Å². The standard InChI is InChI=1S/C18H14ClFN2O3/c19-17-14-9-22(18(23)24)6-5-12(14)3-4-16(17)25-10-13-2-1-11(8-21)7-15(13)20/h1-4,7H,5-6,9-10H2,(H,23,24). The van der Waals surface area contributed by atoms with E-state index in [2.05, 4.69) is 0 Å². The van der Waals surface area contributed by atoms with E-state index in [0.717, 1.165) is 11.6 Å². The minimum atomic E-state index is -0.993. The summed E-state index contributed by atoms with van der Waals surface area (Å²) in [6.07, 6.45) is -0.404. The molecule has 2 aromatic carbocycles. The first-order valence-electron chi connectivity index (χ1n) is 7.59. The van der Waals surface area contributed by atoms with E-state index in [4.69, 9.17) is 26.7 Å². The number of amides is 1. The number of hydrogen-bond acceptors (Lipinski definition) is 3. The second-order valence-corrected chi connectivity index (χ2v) is 6.05. The second-order valence-electron chi connectivity index (χ2n) is 5.68. The van der Waals surface area contributed by atoms with Crippen molar-refractivity contribution in [2.24, 2.45) is 0 Å². The minimum Gasteiger partial charge on any atom is -0.487 e. The molecule has 0 aliphatic carbocycles. The van der Waals surface area contributed by atoms with E-state index in [1.54, 1.807) is 6.07 Å². The zero-order valence-electron chi connectivity index (χ0n) is 13.1. The molecule has 0 radical (unpaired) electrons. The molecule has 2 aromatic rings. The van der Waals surface area contributed by atoms with Crippen LogP contribution < -0.4 is 4.74 Å². The molecule has 1 N–H and O–H groups in total. The molecule has 5 nitrogen and oxygen atoms in total. The number of hydrogen-bond donors (Lipinski definition) is 1. The van der Waals surface area contributed by atoms with E-state index in [1.807, 2.05) is 12.1 Å². The van der Waals surface area contributed by atoms with Gasteiger partial charge in [0.15, 0.2) is 0 Å². The van der Waals surface area contributed by atoms with Gasteiger partial charge in [-0.2, -0.15) is 5.26 Å². The summed E-state index contributed by atoms with van der Waals surface area (Å²) in [5.74, 6) is -0.151. The van der Waals surface area contributed by atoms with Gasteiger partial charge < -0.3 is 14.7 Å². The van der Waals surface area contributed by atoms with Gasteiger partial charge >= 0.3 is 6.09 Å². The molecule has 0 fully saturated rings.